The molecule has 1 saturated heterocycles. The number of rotatable bonds is 9. The second-order valence-corrected chi connectivity index (χ2v) is 7.71. The number of anilines is 1. The highest BCUT2D eigenvalue weighted by Crippen LogP contribution is 2.27. The van der Waals surface area contributed by atoms with Gasteiger partial charge < -0.3 is 35.1 Å². The van der Waals surface area contributed by atoms with Crippen molar-refractivity contribution in [3.8, 4) is 11.5 Å². The van der Waals surface area contributed by atoms with E-state index in [0.29, 0.717) is 23.7 Å². The Balaban J connectivity index is 1.63. The molecule has 4 atom stereocenters. The Labute approximate surface area is 187 Å². The predicted octanol–water partition coefficient (Wildman–Crippen LogP) is 1.45. The number of hydrogen-bond acceptors (Lipinski definition) is 7. The standard InChI is InChI=1S/C23H31N3O6/c1-26(13-15-7-5-4-6-8-15)21-19(32-20(14-27)22(21)28)12-24-23(29)25-16-9-17(30-2)11-18(10-16)31-3/h4-11,19-22,27-28H,12-14H2,1-3H3,(H2,24,25,29)/t19-,20+,21-,22-/m1/s1. The van der Waals surface area contributed by atoms with Crippen molar-refractivity contribution < 1.29 is 29.2 Å². The molecule has 0 radical (unpaired) electrons. The van der Waals surface area contributed by atoms with Crippen LogP contribution in [0.3, 0.4) is 0 Å². The minimum Gasteiger partial charge on any atom is -0.497 e. The van der Waals surface area contributed by atoms with Gasteiger partial charge in [0, 0.05) is 37.0 Å². The Hall–Kier alpha value is -2.85. The summed E-state index contributed by atoms with van der Waals surface area (Å²) in [5.41, 5.74) is 1.60. The fourth-order valence-electron chi connectivity index (χ4n) is 3.91. The molecule has 9 nitrogen and oxygen atoms in total. The first-order valence-electron chi connectivity index (χ1n) is 10.4. The zero-order valence-corrected chi connectivity index (χ0v) is 18.5. The third kappa shape index (κ3) is 5.89. The maximum Gasteiger partial charge on any atom is 0.319 e. The summed E-state index contributed by atoms with van der Waals surface area (Å²) in [4.78, 5) is 14.5. The van der Waals surface area contributed by atoms with Gasteiger partial charge in [0.05, 0.1) is 33.0 Å². The monoisotopic (exact) mass is 445 g/mol. The van der Waals surface area contributed by atoms with E-state index in [0.717, 1.165) is 5.56 Å². The lowest BCUT2D eigenvalue weighted by molar-refractivity contribution is -0.0205. The maximum absolute atomic E-state index is 12.5. The van der Waals surface area contributed by atoms with Crippen LogP contribution in [0.2, 0.25) is 0 Å². The third-order valence-corrected chi connectivity index (χ3v) is 5.50. The van der Waals surface area contributed by atoms with Gasteiger partial charge in [0.15, 0.2) is 0 Å². The van der Waals surface area contributed by atoms with Crippen molar-refractivity contribution in [3.05, 3.63) is 54.1 Å². The van der Waals surface area contributed by atoms with E-state index in [1.54, 1.807) is 18.2 Å². The SMILES string of the molecule is COc1cc(NC(=O)NC[C@H]2O[C@@H](CO)[C@@H](O)[C@@H]2N(C)Cc2ccccc2)cc(OC)c1. The molecule has 2 aromatic carbocycles. The summed E-state index contributed by atoms with van der Waals surface area (Å²) < 4.78 is 16.3. The average molecular weight is 446 g/mol. The van der Waals surface area contributed by atoms with Crippen molar-refractivity contribution in [2.24, 2.45) is 0 Å². The fraction of sp³-hybridized carbons (Fsp3) is 0.435. The lowest BCUT2D eigenvalue weighted by atomic mass is 10.0. The molecule has 174 valence electrons. The molecular weight excluding hydrogens is 414 g/mol. The van der Waals surface area contributed by atoms with Gasteiger partial charge in [0.25, 0.3) is 0 Å². The fourth-order valence-corrected chi connectivity index (χ4v) is 3.91. The summed E-state index contributed by atoms with van der Waals surface area (Å²) in [6.45, 7) is 0.448. The van der Waals surface area contributed by atoms with Gasteiger partial charge in [-0.15, -0.1) is 0 Å². The Morgan fingerprint density at radius 3 is 2.34 bits per heavy atom. The Bertz CT molecular complexity index is 859. The van der Waals surface area contributed by atoms with Gasteiger partial charge in [-0.3, -0.25) is 4.90 Å². The topological polar surface area (TPSA) is 113 Å². The molecule has 1 aliphatic heterocycles. The van der Waals surface area contributed by atoms with Crippen molar-refractivity contribution in [2.45, 2.75) is 30.9 Å². The highest BCUT2D eigenvalue weighted by molar-refractivity contribution is 5.89. The van der Waals surface area contributed by atoms with E-state index in [9.17, 15) is 15.0 Å². The van der Waals surface area contributed by atoms with E-state index >= 15 is 0 Å². The summed E-state index contributed by atoms with van der Waals surface area (Å²) in [6.07, 6.45) is -2.09. The van der Waals surface area contributed by atoms with Crippen LogP contribution in [-0.2, 0) is 11.3 Å². The highest BCUT2D eigenvalue weighted by Gasteiger charge is 2.45. The van der Waals surface area contributed by atoms with Gasteiger partial charge in [-0.25, -0.2) is 4.79 Å². The van der Waals surface area contributed by atoms with E-state index in [1.807, 2.05) is 42.3 Å². The molecule has 9 heteroatoms. The van der Waals surface area contributed by atoms with Crippen molar-refractivity contribution in [1.82, 2.24) is 10.2 Å². The van der Waals surface area contributed by atoms with Crippen LogP contribution < -0.4 is 20.1 Å². The number of hydrogen-bond donors (Lipinski definition) is 4. The zero-order chi connectivity index (χ0) is 23.1. The molecule has 0 bridgehead atoms. The number of nitrogens with one attached hydrogen (secondary N) is 2. The van der Waals surface area contributed by atoms with Crippen molar-refractivity contribution in [3.63, 3.8) is 0 Å². The average Bonchev–Trinajstić information content (AvgIpc) is 3.13. The van der Waals surface area contributed by atoms with Crippen LogP contribution in [0.1, 0.15) is 5.56 Å². The van der Waals surface area contributed by atoms with E-state index in [4.69, 9.17) is 14.2 Å². The number of benzene rings is 2. The number of urea groups is 1. The van der Waals surface area contributed by atoms with Crippen molar-refractivity contribution in [1.29, 1.82) is 0 Å². The zero-order valence-electron chi connectivity index (χ0n) is 18.5. The normalized spacial score (nSPS) is 22.6. The highest BCUT2D eigenvalue weighted by atomic mass is 16.5. The minimum atomic E-state index is -0.883. The van der Waals surface area contributed by atoms with E-state index in [-0.39, 0.29) is 13.2 Å². The quantitative estimate of drug-likeness (QED) is 0.462. The Morgan fingerprint density at radius 1 is 1.09 bits per heavy atom. The predicted molar refractivity (Wildman–Crippen MR) is 120 cm³/mol. The van der Waals surface area contributed by atoms with E-state index in [2.05, 4.69) is 10.6 Å². The number of aliphatic hydroxyl groups is 2. The van der Waals surface area contributed by atoms with Gasteiger partial charge in [0.2, 0.25) is 0 Å². The number of methoxy groups -OCH3 is 2. The first kappa shape index (κ1) is 23.8. The van der Waals surface area contributed by atoms with Gasteiger partial charge in [-0.05, 0) is 12.6 Å². The lowest BCUT2D eigenvalue weighted by Crippen LogP contribution is -2.49. The summed E-state index contributed by atoms with van der Waals surface area (Å²) in [5.74, 6) is 1.10. The number of nitrogens with zero attached hydrogens (tertiary/aromatic N) is 1. The molecule has 1 heterocycles. The molecule has 2 amide bonds. The molecule has 3 rings (SSSR count). The van der Waals surface area contributed by atoms with Gasteiger partial charge in [0.1, 0.15) is 23.7 Å². The number of carbonyl (C=O) groups excluding carboxylic acids is 1. The molecule has 0 unspecified atom stereocenters. The van der Waals surface area contributed by atoms with Crippen molar-refractivity contribution in [2.75, 3.05) is 39.7 Å². The summed E-state index contributed by atoms with van der Waals surface area (Å²) in [6, 6.07) is 14.1. The number of carbonyl (C=O) groups is 1. The molecule has 0 aromatic heterocycles. The second kappa shape index (κ2) is 11.1. The third-order valence-electron chi connectivity index (χ3n) is 5.50. The number of likely N-dealkylation sites (N-methyl/N-ethyl adjacent to an activating group) is 1. The summed E-state index contributed by atoms with van der Waals surface area (Å²) in [5, 5.41) is 25.8. The number of aliphatic hydroxyl groups excluding tert-OH is 2. The van der Waals surface area contributed by atoms with Crippen LogP contribution in [0.15, 0.2) is 48.5 Å². The summed E-state index contributed by atoms with van der Waals surface area (Å²) in [7, 11) is 4.95. The van der Waals surface area contributed by atoms with Crippen LogP contribution in [0.4, 0.5) is 10.5 Å². The van der Waals surface area contributed by atoms with Crippen molar-refractivity contribution >= 4 is 11.7 Å². The second-order valence-electron chi connectivity index (χ2n) is 7.71. The Kier molecular flexibility index (Phi) is 8.29. The molecule has 32 heavy (non-hydrogen) atoms. The first-order valence-corrected chi connectivity index (χ1v) is 10.4. The van der Waals surface area contributed by atoms with E-state index in [1.165, 1.54) is 14.2 Å². The van der Waals surface area contributed by atoms with Crippen LogP contribution >= 0.6 is 0 Å². The van der Waals surface area contributed by atoms with Crippen LogP contribution in [-0.4, -0.2) is 79.9 Å². The van der Waals surface area contributed by atoms with Crippen LogP contribution in [0.25, 0.3) is 0 Å². The van der Waals surface area contributed by atoms with Crippen LogP contribution in [0.5, 0.6) is 11.5 Å². The van der Waals surface area contributed by atoms with Gasteiger partial charge in [-0.1, -0.05) is 30.3 Å². The summed E-state index contributed by atoms with van der Waals surface area (Å²) >= 11 is 0. The largest absolute Gasteiger partial charge is 0.497 e. The minimum absolute atomic E-state index is 0.157. The molecule has 4 N–H and O–H groups in total. The molecular formula is C23H31N3O6. The Morgan fingerprint density at radius 2 is 1.75 bits per heavy atom. The first-order chi connectivity index (χ1) is 15.4. The van der Waals surface area contributed by atoms with Gasteiger partial charge in [-0.2, -0.15) is 0 Å². The molecule has 1 aliphatic rings. The van der Waals surface area contributed by atoms with Gasteiger partial charge >= 0.3 is 6.03 Å². The number of ether oxygens (including phenoxy) is 3. The molecule has 0 aliphatic carbocycles. The van der Waals surface area contributed by atoms with Crippen LogP contribution in [0, 0.1) is 0 Å². The molecule has 0 saturated carbocycles. The molecule has 2 aromatic rings. The molecule has 1 fully saturated rings. The van der Waals surface area contributed by atoms with E-state index < -0.39 is 30.4 Å². The molecule has 0 spiro atoms. The lowest BCUT2D eigenvalue weighted by Gasteiger charge is -2.30. The number of amides is 2. The smallest absolute Gasteiger partial charge is 0.319 e. The maximum atomic E-state index is 12.5.